The van der Waals surface area contributed by atoms with Crippen molar-refractivity contribution in [1.82, 2.24) is 29.3 Å². The first-order valence-corrected chi connectivity index (χ1v) is 13.5. The summed E-state index contributed by atoms with van der Waals surface area (Å²) in [5.41, 5.74) is 6.67. The lowest BCUT2D eigenvalue weighted by atomic mass is 10.1. The summed E-state index contributed by atoms with van der Waals surface area (Å²) in [5, 5.41) is 16.4. The Kier molecular flexibility index (Phi) is 7.15. The van der Waals surface area contributed by atoms with Crippen molar-refractivity contribution in [2.24, 2.45) is 0 Å². The number of benzene rings is 2. The summed E-state index contributed by atoms with van der Waals surface area (Å²) in [5.74, 6) is 0.653. The van der Waals surface area contributed by atoms with E-state index in [9.17, 15) is 4.79 Å². The van der Waals surface area contributed by atoms with Crippen LogP contribution in [0.15, 0.2) is 78.9 Å². The molecule has 3 aromatic heterocycles. The minimum absolute atomic E-state index is 0.297. The fourth-order valence-corrected chi connectivity index (χ4v) is 5.06. The Labute approximate surface area is 232 Å². The lowest BCUT2D eigenvalue weighted by Gasteiger charge is -2.21. The fraction of sp³-hybridized carbons (Fsp3) is 0.267. The zero-order valence-corrected chi connectivity index (χ0v) is 22.7. The predicted octanol–water partition coefficient (Wildman–Crippen LogP) is 5.24. The molecule has 1 amide bonds. The molecule has 0 fully saturated rings. The number of amides is 1. The third-order valence-electron chi connectivity index (χ3n) is 7.24. The van der Waals surface area contributed by atoms with E-state index < -0.39 is 6.09 Å². The topological polar surface area (TPSA) is 102 Å². The molecule has 4 heterocycles. The molecule has 0 bridgehead atoms. The van der Waals surface area contributed by atoms with Crippen molar-refractivity contribution in [3.05, 3.63) is 90.0 Å². The van der Waals surface area contributed by atoms with Crippen molar-refractivity contribution < 1.29 is 9.53 Å². The molecule has 1 aliphatic heterocycles. The number of ether oxygens (including phenoxy) is 1. The van der Waals surface area contributed by atoms with Crippen LogP contribution in [-0.2, 0) is 17.7 Å². The molecule has 0 radical (unpaired) electrons. The van der Waals surface area contributed by atoms with Crippen LogP contribution >= 0.6 is 0 Å². The van der Waals surface area contributed by atoms with Crippen molar-refractivity contribution >= 4 is 39.7 Å². The summed E-state index contributed by atoms with van der Waals surface area (Å²) in [4.78, 5) is 19.4. The van der Waals surface area contributed by atoms with Gasteiger partial charge in [-0.15, -0.1) is 0 Å². The van der Waals surface area contributed by atoms with E-state index in [-0.39, 0.29) is 0 Å². The van der Waals surface area contributed by atoms with Gasteiger partial charge >= 0.3 is 6.09 Å². The summed E-state index contributed by atoms with van der Waals surface area (Å²) in [6, 6.07) is 16.4. The Hall–Kier alpha value is -4.70. The number of anilines is 3. The number of carbonyl (C=O) groups is 1. The van der Waals surface area contributed by atoms with Crippen molar-refractivity contribution in [3.8, 4) is 0 Å². The van der Waals surface area contributed by atoms with Gasteiger partial charge in [0.05, 0.1) is 30.1 Å². The summed E-state index contributed by atoms with van der Waals surface area (Å²) < 4.78 is 9.25. The Balaban J connectivity index is 1.20. The molecule has 10 heteroatoms. The smallest absolute Gasteiger partial charge is 0.412 e. The summed E-state index contributed by atoms with van der Waals surface area (Å²) >= 11 is 0. The van der Waals surface area contributed by atoms with E-state index in [1.54, 1.807) is 10.7 Å². The normalized spacial score (nSPS) is 13.9. The molecule has 0 spiro atoms. The van der Waals surface area contributed by atoms with Gasteiger partial charge in [0.2, 0.25) is 0 Å². The first-order chi connectivity index (χ1) is 19.6. The Morgan fingerprint density at radius 2 is 2.00 bits per heavy atom. The largest absolute Gasteiger partial charge is 0.445 e. The molecule has 10 nitrogen and oxygen atoms in total. The molecule has 5 aromatic rings. The highest BCUT2D eigenvalue weighted by atomic mass is 16.5. The van der Waals surface area contributed by atoms with Gasteiger partial charge < -0.3 is 15.0 Å². The van der Waals surface area contributed by atoms with Crippen LogP contribution in [0.3, 0.4) is 0 Å². The zero-order chi connectivity index (χ0) is 27.5. The Morgan fingerprint density at radius 1 is 1.12 bits per heavy atom. The second-order valence-corrected chi connectivity index (χ2v) is 10.0. The molecule has 2 aromatic carbocycles. The first-order valence-electron chi connectivity index (χ1n) is 13.5. The lowest BCUT2D eigenvalue weighted by molar-refractivity contribution is 0.169. The highest BCUT2D eigenvalue weighted by Crippen LogP contribution is 2.30. The van der Waals surface area contributed by atoms with E-state index in [0.717, 1.165) is 52.8 Å². The number of hydrogen-bond acceptors (Lipinski definition) is 7. The maximum Gasteiger partial charge on any atom is 0.412 e. The van der Waals surface area contributed by atoms with Crippen LogP contribution in [0.4, 0.5) is 22.0 Å². The van der Waals surface area contributed by atoms with Crippen LogP contribution < -0.4 is 10.6 Å². The van der Waals surface area contributed by atoms with Crippen LogP contribution in [0.2, 0.25) is 0 Å². The van der Waals surface area contributed by atoms with Crippen LogP contribution in [0, 0.1) is 0 Å². The van der Waals surface area contributed by atoms with Gasteiger partial charge in [0.15, 0.2) is 5.82 Å². The minimum atomic E-state index is -0.481. The number of likely N-dealkylation sites (N-methyl/N-ethyl adjacent to an activating group) is 1. The highest BCUT2D eigenvalue weighted by molar-refractivity contribution is 5.91. The third kappa shape index (κ3) is 5.39. The molecule has 1 aliphatic rings. The number of rotatable bonds is 8. The third-order valence-corrected chi connectivity index (χ3v) is 7.24. The zero-order valence-electron chi connectivity index (χ0n) is 22.7. The number of nitrogens with one attached hydrogen (secondary N) is 2. The monoisotopic (exact) mass is 536 g/mol. The van der Waals surface area contributed by atoms with Gasteiger partial charge in [0, 0.05) is 29.7 Å². The van der Waals surface area contributed by atoms with Crippen molar-refractivity contribution in [1.29, 1.82) is 0 Å². The summed E-state index contributed by atoms with van der Waals surface area (Å²) in [6.45, 7) is 4.90. The van der Waals surface area contributed by atoms with E-state index in [1.807, 2.05) is 42.1 Å². The molecule has 0 atom stereocenters. The predicted molar refractivity (Wildman–Crippen MR) is 156 cm³/mol. The summed E-state index contributed by atoms with van der Waals surface area (Å²) in [7, 11) is 2.08. The van der Waals surface area contributed by atoms with Crippen LogP contribution in [-0.4, -0.2) is 62.1 Å². The van der Waals surface area contributed by atoms with Gasteiger partial charge in [0.25, 0.3) is 0 Å². The quantitative estimate of drug-likeness (QED) is 0.261. The van der Waals surface area contributed by atoms with Gasteiger partial charge in [-0.3, -0.25) is 10.00 Å². The molecular weight excluding hydrogens is 504 g/mol. The molecule has 0 saturated heterocycles. The van der Waals surface area contributed by atoms with Crippen molar-refractivity contribution in [2.45, 2.75) is 26.3 Å². The average molecular weight is 537 g/mol. The number of aryl methyl sites for hydroxylation is 1. The van der Waals surface area contributed by atoms with Gasteiger partial charge in [-0.2, -0.15) is 10.2 Å². The number of carbonyl (C=O) groups excluding carboxylic acids is 1. The molecule has 0 unspecified atom stereocenters. The maximum absolute atomic E-state index is 12.6. The second kappa shape index (κ2) is 11.2. The fourth-order valence-electron chi connectivity index (χ4n) is 5.06. The van der Waals surface area contributed by atoms with Crippen molar-refractivity contribution in [2.75, 3.05) is 37.4 Å². The van der Waals surface area contributed by atoms with E-state index >= 15 is 0 Å². The highest BCUT2D eigenvalue weighted by Gasteiger charge is 2.18. The number of nitrogens with zero attached hydrogens (tertiary/aromatic N) is 6. The lowest BCUT2D eigenvalue weighted by Crippen LogP contribution is -2.26. The average Bonchev–Trinajstić information content (AvgIpc) is 3.54. The van der Waals surface area contributed by atoms with E-state index in [2.05, 4.69) is 68.1 Å². The molecular formula is C30H32N8O2. The Morgan fingerprint density at radius 3 is 2.80 bits per heavy atom. The molecule has 204 valence electrons. The van der Waals surface area contributed by atoms with E-state index in [0.29, 0.717) is 31.1 Å². The summed E-state index contributed by atoms with van der Waals surface area (Å²) in [6.07, 6.45) is 8.41. The maximum atomic E-state index is 12.6. The molecule has 40 heavy (non-hydrogen) atoms. The minimum Gasteiger partial charge on any atom is -0.445 e. The molecule has 0 saturated carbocycles. The number of aromatic nitrogens is 5. The molecule has 2 N–H and O–H groups in total. The van der Waals surface area contributed by atoms with Gasteiger partial charge in [-0.1, -0.05) is 43.3 Å². The standard InChI is InChI=1S/C30H32N8O2/c1-3-25-26(35-30(39)40-19-22-11-13-36(2)14-12-22)18-38-28(25)29(31-20-33-38)34-24-9-10-27-23(15-24)16-32-37(27)17-21-7-5-4-6-8-21/h4-11,15-16,18,20H,3,12-14,17,19H2,1-2H3,(H,35,39)(H,31,33,34). The number of hydrogen-bond donors (Lipinski definition) is 2. The number of fused-ring (bicyclic) bond motifs is 2. The SMILES string of the molecule is CCc1c(NC(=O)OCC2=CCN(C)CC2)cn2ncnc(Nc3ccc4c(cnn4Cc4ccccc4)c3)c12. The van der Waals surface area contributed by atoms with E-state index in [1.165, 1.54) is 11.9 Å². The van der Waals surface area contributed by atoms with Gasteiger partial charge in [-0.05, 0) is 49.2 Å². The van der Waals surface area contributed by atoms with Gasteiger partial charge in [0.1, 0.15) is 18.5 Å². The van der Waals surface area contributed by atoms with E-state index in [4.69, 9.17) is 4.74 Å². The van der Waals surface area contributed by atoms with Crippen molar-refractivity contribution in [3.63, 3.8) is 0 Å². The van der Waals surface area contributed by atoms with Crippen LogP contribution in [0.1, 0.15) is 24.5 Å². The second-order valence-electron chi connectivity index (χ2n) is 10.0. The molecule has 6 rings (SSSR count). The van der Waals surface area contributed by atoms with Gasteiger partial charge in [-0.25, -0.2) is 14.3 Å². The molecule has 0 aliphatic carbocycles. The first kappa shape index (κ1) is 25.6. The van der Waals surface area contributed by atoms with Crippen LogP contribution in [0.5, 0.6) is 0 Å². The Bertz CT molecular complexity index is 1690. The van der Waals surface area contributed by atoms with Crippen LogP contribution in [0.25, 0.3) is 16.4 Å².